The highest BCUT2D eigenvalue weighted by molar-refractivity contribution is 6.00. The molecule has 2 aromatic carbocycles. The Morgan fingerprint density at radius 3 is 2.37 bits per heavy atom. The zero-order chi connectivity index (χ0) is 31.1. The van der Waals surface area contributed by atoms with E-state index in [1.165, 1.54) is 0 Å². The van der Waals surface area contributed by atoms with E-state index in [-0.39, 0.29) is 57.1 Å². The van der Waals surface area contributed by atoms with Crippen LogP contribution in [0.1, 0.15) is 82.3 Å². The summed E-state index contributed by atoms with van der Waals surface area (Å²) < 4.78 is 45.3. The molecular weight excluding hydrogens is 554 g/mol. The van der Waals surface area contributed by atoms with Crippen molar-refractivity contribution in [3.63, 3.8) is 0 Å². The monoisotopic (exact) mass is 596 g/mol. The van der Waals surface area contributed by atoms with Gasteiger partial charge in [-0.2, -0.15) is 8.78 Å². The molecule has 0 radical (unpaired) electrons. The van der Waals surface area contributed by atoms with E-state index in [0.29, 0.717) is 42.6 Å². The third-order valence-corrected chi connectivity index (χ3v) is 7.45. The average Bonchev–Trinajstić information content (AvgIpc) is 3.32. The van der Waals surface area contributed by atoms with E-state index in [1.807, 2.05) is 66.7 Å². The van der Waals surface area contributed by atoms with Crippen LogP contribution < -0.4 is 4.74 Å². The van der Waals surface area contributed by atoms with Crippen molar-refractivity contribution in [1.82, 2.24) is 0 Å². The summed E-state index contributed by atoms with van der Waals surface area (Å²) in [7, 11) is 1.58. The van der Waals surface area contributed by atoms with Crippen LogP contribution in [0.3, 0.4) is 0 Å². The Bertz CT molecular complexity index is 1250. The molecule has 0 fully saturated rings. The largest absolute Gasteiger partial charge is 0.497 e. The maximum Gasteiger partial charge on any atom is 0.306 e. The summed E-state index contributed by atoms with van der Waals surface area (Å²) in [4.78, 5) is 37.4. The maximum atomic E-state index is 14.4. The van der Waals surface area contributed by atoms with E-state index < -0.39 is 24.2 Å². The summed E-state index contributed by atoms with van der Waals surface area (Å²) in [5, 5.41) is 0. The molecule has 0 amide bonds. The summed E-state index contributed by atoms with van der Waals surface area (Å²) in [6, 6.07) is 16.8. The number of methoxy groups -OCH3 is 1. The number of hydrogen-bond donors (Lipinski definition) is 0. The minimum absolute atomic E-state index is 0.0516. The number of Topliss-reactive ketones (excluding diaryl/α,β-unsaturated/α-hetero) is 2. The van der Waals surface area contributed by atoms with Crippen molar-refractivity contribution in [3.8, 4) is 5.75 Å². The first kappa shape index (κ1) is 33.8. The molecule has 0 heterocycles. The standard InChI is InChI=1S/C35H42F2O6/c1-3-4-22-35(36,37)33(39)21-20-30-29(31(38)23-32(30)42-24-27-16-18-28(41-2)19-17-27)14-10-5-6-11-15-34(40)43-25-26-12-8-7-9-13-26/h5,7-10,12-13,16-19,32H,3-4,6,11,14-15,20-25H2,1-2H3. The Kier molecular flexibility index (Phi) is 13.7. The molecule has 232 valence electrons. The predicted octanol–water partition coefficient (Wildman–Crippen LogP) is 7.88. The highest BCUT2D eigenvalue weighted by Gasteiger charge is 2.38. The van der Waals surface area contributed by atoms with E-state index in [4.69, 9.17) is 14.2 Å². The fourth-order valence-electron chi connectivity index (χ4n) is 4.89. The number of carbonyl (C=O) groups is 3. The summed E-state index contributed by atoms with van der Waals surface area (Å²) in [6.45, 7) is 2.27. The van der Waals surface area contributed by atoms with E-state index in [1.54, 1.807) is 14.0 Å². The van der Waals surface area contributed by atoms with Crippen LogP contribution in [0.25, 0.3) is 0 Å². The van der Waals surface area contributed by atoms with Crippen LogP contribution in [0.2, 0.25) is 0 Å². The van der Waals surface area contributed by atoms with Gasteiger partial charge in [-0.3, -0.25) is 14.4 Å². The topological polar surface area (TPSA) is 78.9 Å². The lowest BCUT2D eigenvalue weighted by atomic mass is 9.97. The Balaban J connectivity index is 1.58. The highest BCUT2D eigenvalue weighted by atomic mass is 19.3. The third-order valence-electron chi connectivity index (χ3n) is 7.45. The number of carbonyl (C=O) groups excluding carboxylic acids is 3. The third kappa shape index (κ3) is 11.2. The SMILES string of the molecule is CCCCC(F)(F)C(=O)CCC1=C(CC=CCCCC(=O)OCc2ccccc2)C(=O)CC1OCc1ccc(OC)cc1. The lowest BCUT2D eigenvalue weighted by Crippen LogP contribution is -2.28. The lowest BCUT2D eigenvalue weighted by Gasteiger charge is -2.18. The number of ketones is 2. The van der Waals surface area contributed by atoms with Crippen LogP contribution in [0.15, 0.2) is 77.9 Å². The molecule has 0 N–H and O–H groups in total. The van der Waals surface area contributed by atoms with E-state index in [0.717, 1.165) is 11.1 Å². The molecule has 43 heavy (non-hydrogen) atoms. The van der Waals surface area contributed by atoms with Crippen LogP contribution in [-0.2, 0) is 37.1 Å². The number of benzene rings is 2. The fraction of sp³-hybridized carbons (Fsp3) is 0.457. The minimum Gasteiger partial charge on any atom is -0.497 e. The summed E-state index contributed by atoms with van der Waals surface area (Å²) >= 11 is 0. The van der Waals surface area contributed by atoms with Crippen LogP contribution in [0, 0.1) is 0 Å². The van der Waals surface area contributed by atoms with Crippen LogP contribution >= 0.6 is 0 Å². The molecule has 0 spiro atoms. The number of hydrogen-bond acceptors (Lipinski definition) is 6. The van der Waals surface area contributed by atoms with Gasteiger partial charge in [0, 0.05) is 31.3 Å². The van der Waals surface area contributed by atoms with Gasteiger partial charge in [0.25, 0.3) is 0 Å². The average molecular weight is 597 g/mol. The number of allylic oxidation sites excluding steroid dienone is 3. The van der Waals surface area contributed by atoms with Gasteiger partial charge in [0.05, 0.1) is 19.8 Å². The van der Waals surface area contributed by atoms with Crippen molar-refractivity contribution >= 4 is 17.5 Å². The van der Waals surface area contributed by atoms with Gasteiger partial charge >= 0.3 is 11.9 Å². The van der Waals surface area contributed by atoms with Crippen molar-refractivity contribution in [2.75, 3.05) is 7.11 Å². The minimum atomic E-state index is -3.37. The van der Waals surface area contributed by atoms with Gasteiger partial charge in [0.15, 0.2) is 5.78 Å². The smallest absolute Gasteiger partial charge is 0.306 e. The zero-order valence-corrected chi connectivity index (χ0v) is 25.1. The molecule has 8 heteroatoms. The molecule has 1 aliphatic rings. The van der Waals surface area contributed by atoms with E-state index in [9.17, 15) is 23.2 Å². The Labute approximate surface area is 253 Å². The molecular formula is C35H42F2O6. The normalized spacial score (nSPS) is 15.3. The molecule has 0 saturated heterocycles. The zero-order valence-electron chi connectivity index (χ0n) is 25.1. The summed E-state index contributed by atoms with van der Waals surface area (Å²) in [5.74, 6) is -4.14. The predicted molar refractivity (Wildman–Crippen MR) is 161 cm³/mol. The summed E-state index contributed by atoms with van der Waals surface area (Å²) in [5.41, 5.74) is 2.94. The molecule has 0 bridgehead atoms. The number of rotatable bonds is 19. The molecule has 0 saturated carbocycles. The Morgan fingerprint density at radius 2 is 1.67 bits per heavy atom. The van der Waals surface area contributed by atoms with Gasteiger partial charge in [-0.1, -0.05) is 68.0 Å². The summed E-state index contributed by atoms with van der Waals surface area (Å²) in [6.07, 6.45) is 5.19. The maximum absolute atomic E-state index is 14.4. The quantitative estimate of drug-likeness (QED) is 0.0933. The molecule has 3 rings (SSSR count). The number of unbranched alkanes of at least 4 members (excludes halogenated alkanes) is 2. The fourth-order valence-corrected chi connectivity index (χ4v) is 4.89. The first-order valence-electron chi connectivity index (χ1n) is 15.0. The number of alkyl halides is 2. The molecule has 2 aromatic rings. The number of halogens is 2. The van der Waals surface area contributed by atoms with Gasteiger partial charge in [0.1, 0.15) is 12.4 Å². The van der Waals surface area contributed by atoms with Crippen LogP contribution in [0.4, 0.5) is 8.78 Å². The van der Waals surface area contributed by atoms with Gasteiger partial charge in [-0.05, 0) is 60.9 Å². The Morgan fingerprint density at radius 1 is 0.953 bits per heavy atom. The number of ether oxygens (including phenoxy) is 3. The first-order chi connectivity index (χ1) is 20.7. The van der Waals surface area contributed by atoms with Crippen molar-refractivity contribution in [2.24, 2.45) is 0 Å². The highest BCUT2D eigenvalue weighted by Crippen LogP contribution is 2.34. The second-order valence-corrected chi connectivity index (χ2v) is 10.7. The van der Waals surface area contributed by atoms with E-state index in [2.05, 4.69) is 0 Å². The van der Waals surface area contributed by atoms with Crippen LogP contribution in [0.5, 0.6) is 5.75 Å². The second-order valence-electron chi connectivity index (χ2n) is 10.7. The van der Waals surface area contributed by atoms with Gasteiger partial charge in [-0.15, -0.1) is 0 Å². The molecule has 0 aromatic heterocycles. The Hall–Kier alpha value is -3.65. The molecule has 0 aliphatic heterocycles. The molecule has 6 nitrogen and oxygen atoms in total. The number of esters is 1. The van der Waals surface area contributed by atoms with Crippen molar-refractivity contribution in [2.45, 2.75) is 96.4 Å². The van der Waals surface area contributed by atoms with Crippen molar-refractivity contribution < 1.29 is 37.4 Å². The van der Waals surface area contributed by atoms with E-state index >= 15 is 0 Å². The molecule has 1 atom stereocenters. The lowest BCUT2D eigenvalue weighted by molar-refractivity contribution is -0.145. The van der Waals surface area contributed by atoms with Gasteiger partial charge < -0.3 is 14.2 Å². The first-order valence-corrected chi connectivity index (χ1v) is 15.0. The molecule has 1 unspecified atom stereocenters. The van der Waals surface area contributed by atoms with Gasteiger partial charge in [0.2, 0.25) is 5.78 Å². The molecule has 1 aliphatic carbocycles. The van der Waals surface area contributed by atoms with Gasteiger partial charge in [-0.25, -0.2) is 0 Å². The van der Waals surface area contributed by atoms with Crippen LogP contribution in [-0.4, -0.2) is 36.7 Å². The van der Waals surface area contributed by atoms with Crippen molar-refractivity contribution in [3.05, 3.63) is 89.0 Å². The van der Waals surface area contributed by atoms with Crippen molar-refractivity contribution in [1.29, 1.82) is 0 Å². The second kappa shape index (κ2) is 17.5.